The van der Waals surface area contributed by atoms with E-state index >= 15 is 0 Å². The van der Waals surface area contributed by atoms with Crippen molar-refractivity contribution in [3.05, 3.63) is 48.0 Å². The molecule has 0 saturated carbocycles. The van der Waals surface area contributed by atoms with Crippen molar-refractivity contribution in [2.75, 3.05) is 0 Å². The SMILES string of the molecule is C/C=C/C(=O)[C@H](O)CCc1ccccc1. The summed E-state index contributed by atoms with van der Waals surface area (Å²) in [7, 11) is 0. The third kappa shape index (κ3) is 4.09. The molecule has 0 amide bonds. The molecule has 1 N–H and O–H groups in total. The first-order chi connectivity index (χ1) is 7.24. The molecule has 1 aromatic rings. The van der Waals surface area contributed by atoms with Gasteiger partial charge < -0.3 is 5.11 Å². The molecular formula is C13H16O2. The van der Waals surface area contributed by atoms with Crippen molar-refractivity contribution in [1.29, 1.82) is 0 Å². The summed E-state index contributed by atoms with van der Waals surface area (Å²) in [4.78, 5) is 11.2. The Balaban J connectivity index is 2.41. The molecule has 0 fully saturated rings. The number of ketones is 1. The average Bonchev–Trinajstić information content (AvgIpc) is 2.27. The topological polar surface area (TPSA) is 37.3 Å². The van der Waals surface area contributed by atoms with Gasteiger partial charge in [0.1, 0.15) is 6.10 Å². The van der Waals surface area contributed by atoms with E-state index in [9.17, 15) is 9.90 Å². The predicted molar refractivity (Wildman–Crippen MR) is 60.6 cm³/mol. The molecule has 80 valence electrons. The van der Waals surface area contributed by atoms with Crippen LogP contribution >= 0.6 is 0 Å². The van der Waals surface area contributed by atoms with Gasteiger partial charge in [0.2, 0.25) is 0 Å². The van der Waals surface area contributed by atoms with Crippen LogP contribution in [0.4, 0.5) is 0 Å². The fourth-order valence-corrected chi connectivity index (χ4v) is 1.37. The molecule has 15 heavy (non-hydrogen) atoms. The van der Waals surface area contributed by atoms with Gasteiger partial charge in [0, 0.05) is 0 Å². The van der Waals surface area contributed by atoms with Crippen LogP contribution in [0.25, 0.3) is 0 Å². The van der Waals surface area contributed by atoms with Crippen molar-refractivity contribution in [2.24, 2.45) is 0 Å². The minimum absolute atomic E-state index is 0.214. The van der Waals surface area contributed by atoms with Crippen LogP contribution in [0.5, 0.6) is 0 Å². The van der Waals surface area contributed by atoms with Gasteiger partial charge in [-0.3, -0.25) is 4.79 Å². The highest BCUT2D eigenvalue weighted by molar-refractivity contribution is 5.93. The van der Waals surface area contributed by atoms with Crippen LogP contribution < -0.4 is 0 Å². The molecule has 0 heterocycles. The highest BCUT2D eigenvalue weighted by atomic mass is 16.3. The third-order valence-electron chi connectivity index (χ3n) is 2.21. The lowest BCUT2D eigenvalue weighted by molar-refractivity contribution is -0.122. The quantitative estimate of drug-likeness (QED) is 0.746. The smallest absolute Gasteiger partial charge is 0.183 e. The minimum Gasteiger partial charge on any atom is -0.385 e. The van der Waals surface area contributed by atoms with Crippen molar-refractivity contribution in [1.82, 2.24) is 0 Å². The summed E-state index contributed by atoms with van der Waals surface area (Å²) < 4.78 is 0. The van der Waals surface area contributed by atoms with E-state index in [0.717, 1.165) is 12.0 Å². The fraction of sp³-hybridized carbons (Fsp3) is 0.308. The molecule has 0 aliphatic carbocycles. The number of benzene rings is 1. The van der Waals surface area contributed by atoms with Gasteiger partial charge in [-0.25, -0.2) is 0 Å². The Hall–Kier alpha value is -1.41. The molecule has 1 rings (SSSR count). The zero-order chi connectivity index (χ0) is 11.1. The Morgan fingerprint density at radius 3 is 2.67 bits per heavy atom. The highest BCUT2D eigenvalue weighted by Gasteiger charge is 2.10. The molecule has 0 aliphatic heterocycles. The first kappa shape index (κ1) is 11.7. The molecule has 0 saturated heterocycles. The third-order valence-corrected chi connectivity index (χ3v) is 2.21. The van der Waals surface area contributed by atoms with Crippen LogP contribution in [0.2, 0.25) is 0 Å². The molecule has 0 spiro atoms. The summed E-state index contributed by atoms with van der Waals surface area (Å²) in [5, 5.41) is 9.51. The average molecular weight is 204 g/mol. The summed E-state index contributed by atoms with van der Waals surface area (Å²) >= 11 is 0. The maximum atomic E-state index is 11.2. The molecule has 0 unspecified atom stereocenters. The lowest BCUT2D eigenvalue weighted by Gasteiger charge is -2.06. The summed E-state index contributed by atoms with van der Waals surface area (Å²) in [5.41, 5.74) is 1.14. The van der Waals surface area contributed by atoms with Gasteiger partial charge in [0.15, 0.2) is 5.78 Å². The number of hydrogen-bond acceptors (Lipinski definition) is 2. The standard InChI is InChI=1S/C13H16O2/c1-2-6-12(14)13(15)10-9-11-7-4-3-5-8-11/h2-8,13,15H,9-10H2,1H3/b6-2+/t13-/m1/s1. The number of aliphatic hydroxyl groups excluding tert-OH is 1. The number of carbonyl (C=O) groups excluding carboxylic acids is 1. The Kier molecular flexibility index (Phi) is 4.78. The van der Waals surface area contributed by atoms with E-state index in [1.54, 1.807) is 13.0 Å². The zero-order valence-corrected chi connectivity index (χ0v) is 8.89. The number of allylic oxidation sites excluding steroid dienone is 1. The fourth-order valence-electron chi connectivity index (χ4n) is 1.37. The van der Waals surface area contributed by atoms with Gasteiger partial charge in [-0.1, -0.05) is 36.4 Å². The lowest BCUT2D eigenvalue weighted by Crippen LogP contribution is -2.18. The maximum absolute atomic E-state index is 11.2. The van der Waals surface area contributed by atoms with Crippen LogP contribution in [0, 0.1) is 0 Å². The zero-order valence-electron chi connectivity index (χ0n) is 8.89. The Bertz CT molecular complexity index is 328. The second kappa shape index (κ2) is 6.14. The second-order valence-electron chi connectivity index (χ2n) is 3.44. The Morgan fingerprint density at radius 1 is 1.40 bits per heavy atom. The lowest BCUT2D eigenvalue weighted by atomic mass is 10.0. The molecule has 0 aromatic heterocycles. The Morgan fingerprint density at radius 2 is 2.07 bits per heavy atom. The van der Waals surface area contributed by atoms with Crippen LogP contribution in [0.1, 0.15) is 18.9 Å². The van der Waals surface area contributed by atoms with Gasteiger partial charge in [-0.05, 0) is 31.4 Å². The number of aliphatic hydroxyl groups is 1. The van der Waals surface area contributed by atoms with Crippen molar-refractivity contribution in [3.63, 3.8) is 0 Å². The van der Waals surface area contributed by atoms with Crippen molar-refractivity contribution in [3.8, 4) is 0 Å². The predicted octanol–water partition coefficient (Wildman–Crippen LogP) is 2.13. The second-order valence-corrected chi connectivity index (χ2v) is 3.44. The molecule has 2 nitrogen and oxygen atoms in total. The van der Waals surface area contributed by atoms with Gasteiger partial charge >= 0.3 is 0 Å². The van der Waals surface area contributed by atoms with Crippen molar-refractivity contribution in [2.45, 2.75) is 25.9 Å². The van der Waals surface area contributed by atoms with Gasteiger partial charge in [0.05, 0.1) is 0 Å². The summed E-state index contributed by atoms with van der Waals surface area (Å²) in [6, 6.07) is 9.84. The van der Waals surface area contributed by atoms with Crippen LogP contribution in [0.15, 0.2) is 42.5 Å². The number of hydrogen-bond donors (Lipinski definition) is 1. The minimum atomic E-state index is -0.874. The number of rotatable bonds is 5. The molecule has 0 aliphatic rings. The van der Waals surface area contributed by atoms with E-state index in [4.69, 9.17) is 0 Å². The van der Waals surface area contributed by atoms with Crippen molar-refractivity contribution >= 4 is 5.78 Å². The van der Waals surface area contributed by atoms with Crippen LogP contribution in [-0.2, 0) is 11.2 Å². The first-order valence-electron chi connectivity index (χ1n) is 5.12. The summed E-state index contributed by atoms with van der Waals surface area (Å²) in [6.45, 7) is 1.77. The Labute approximate surface area is 90.3 Å². The van der Waals surface area contributed by atoms with Crippen molar-refractivity contribution < 1.29 is 9.90 Å². The molecule has 2 heteroatoms. The largest absolute Gasteiger partial charge is 0.385 e. The van der Waals surface area contributed by atoms with E-state index in [1.807, 2.05) is 30.3 Å². The molecule has 0 radical (unpaired) electrons. The van der Waals surface area contributed by atoms with Gasteiger partial charge in [0.25, 0.3) is 0 Å². The molecular weight excluding hydrogens is 188 g/mol. The number of carbonyl (C=O) groups is 1. The first-order valence-corrected chi connectivity index (χ1v) is 5.12. The molecule has 0 bridgehead atoms. The van der Waals surface area contributed by atoms with E-state index in [-0.39, 0.29) is 5.78 Å². The van der Waals surface area contributed by atoms with E-state index in [0.29, 0.717) is 6.42 Å². The normalized spacial score (nSPS) is 12.9. The monoisotopic (exact) mass is 204 g/mol. The molecule has 1 atom stereocenters. The van der Waals surface area contributed by atoms with Crippen LogP contribution in [0.3, 0.4) is 0 Å². The summed E-state index contributed by atoms with van der Waals surface area (Å²) in [5.74, 6) is -0.214. The van der Waals surface area contributed by atoms with Gasteiger partial charge in [-0.15, -0.1) is 0 Å². The van der Waals surface area contributed by atoms with E-state index in [1.165, 1.54) is 6.08 Å². The maximum Gasteiger partial charge on any atom is 0.183 e. The van der Waals surface area contributed by atoms with Crippen LogP contribution in [-0.4, -0.2) is 17.0 Å². The molecule has 1 aromatic carbocycles. The van der Waals surface area contributed by atoms with E-state index < -0.39 is 6.10 Å². The number of aryl methyl sites for hydroxylation is 1. The van der Waals surface area contributed by atoms with Gasteiger partial charge in [-0.2, -0.15) is 0 Å². The highest BCUT2D eigenvalue weighted by Crippen LogP contribution is 2.05. The van der Waals surface area contributed by atoms with E-state index in [2.05, 4.69) is 0 Å². The summed E-state index contributed by atoms with van der Waals surface area (Å²) in [6.07, 6.45) is 3.39.